The van der Waals surface area contributed by atoms with Crippen LogP contribution in [0.15, 0.2) is 0 Å². The average molecular weight is 142 g/mol. The zero-order valence-electron chi connectivity index (χ0n) is 4.86. The fraction of sp³-hybridized carbons (Fsp3) is 1.00. The van der Waals surface area contributed by atoms with Crippen LogP contribution in [0, 0.1) is 0 Å². The van der Waals surface area contributed by atoms with E-state index in [0.717, 1.165) is 0 Å². The Hall–Kier alpha value is -0.250. The monoisotopic (exact) mass is 142 g/mol. The van der Waals surface area contributed by atoms with Crippen LogP contribution in [0.2, 0.25) is 0 Å². The maximum atomic E-state index is 11.3. The van der Waals surface area contributed by atoms with Gasteiger partial charge in [-0.05, 0) is 6.42 Å². The maximum absolute atomic E-state index is 11.3. The Morgan fingerprint density at radius 3 is 2.11 bits per heavy atom. The molecule has 0 aromatic heterocycles. The number of aliphatic hydroxyl groups excluding tert-OH is 1. The minimum Gasteiger partial charge on any atom is -0.390 e. The highest BCUT2D eigenvalue weighted by atomic mass is 19.3. The molecule has 4 heteroatoms. The summed E-state index contributed by atoms with van der Waals surface area (Å²) in [5, 5.41) is 8.40. The van der Waals surface area contributed by atoms with Crippen molar-refractivity contribution in [3.8, 4) is 0 Å². The van der Waals surface area contributed by atoms with E-state index in [0.29, 0.717) is 0 Å². The summed E-state index contributed by atoms with van der Waals surface area (Å²) in [4.78, 5) is 0. The molecule has 0 aromatic carbocycles. The molecule has 0 saturated heterocycles. The second kappa shape index (κ2) is 4.61. The van der Waals surface area contributed by atoms with Crippen molar-refractivity contribution >= 4 is 0 Å². The van der Waals surface area contributed by atoms with Gasteiger partial charge in [0, 0.05) is 6.42 Å². The van der Waals surface area contributed by atoms with E-state index in [1.54, 1.807) is 0 Å². The first kappa shape index (κ1) is 8.75. The fourth-order valence-electron chi connectivity index (χ4n) is 0.396. The molecule has 0 aliphatic heterocycles. The molecule has 0 saturated carbocycles. The lowest BCUT2D eigenvalue weighted by molar-refractivity contribution is 0.0832. The van der Waals surface area contributed by atoms with Gasteiger partial charge < -0.3 is 5.11 Å². The van der Waals surface area contributed by atoms with E-state index in [1.807, 2.05) is 0 Å². The van der Waals surface area contributed by atoms with Gasteiger partial charge in [-0.3, -0.25) is 0 Å². The van der Waals surface area contributed by atoms with Crippen LogP contribution in [-0.4, -0.2) is 24.3 Å². The second-order valence-corrected chi connectivity index (χ2v) is 1.78. The van der Waals surface area contributed by atoms with Crippen molar-refractivity contribution in [1.82, 2.24) is 0 Å². The van der Waals surface area contributed by atoms with Crippen molar-refractivity contribution in [3.05, 3.63) is 0 Å². The molecule has 0 rings (SSSR count). The highest BCUT2D eigenvalue weighted by Crippen LogP contribution is 2.05. The van der Waals surface area contributed by atoms with Crippen LogP contribution in [0.4, 0.5) is 13.2 Å². The SMILES string of the molecule is OC(CF)CCC(F)F. The minimum absolute atomic E-state index is 0.159. The third-order valence-electron chi connectivity index (χ3n) is 0.896. The van der Waals surface area contributed by atoms with E-state index in [-0.39, 0.29) is 6.42 Å². The summed E-state index contributed by atoms with van der Waals surface area (Å²) in [6, 6.07) is 0. The van der Waals surface area contributed by atoms with Crippen LogP contribution in [0.3, 0.4) is 0 Å². The van der Waals surface area contributed by atoms with E-state index >= 15 is 0 Å². The molecular formula is C5H9F3O. The zero-order valence-corrected chi connectivity index (χ0v) is 4.86. The number of hydrogen-bond acceptors (Lipinski definition) is 1. The largest absolute Gasteiger partial charge is 0.390 e. The van der Waals surface area contributed by atoms with E-state index in [9.17, 15) is 13.2 Å². The number of hydrogen-bond donors (Lipinski definition) is 1. The van der Waals surface area contributed by atoms with Crippen LogP contribution in [0.25, 0.3) is 0 Å². The number of aliphatic hydroxyl groups is 1. The summed E-state index contributed by atoms with van der Waals surface area (Å²) in [6.07, 6.45) is -4.23. The molecule has 0 fully saturated rings. The Balaban J connectivity index is 3.06. The molecule has 1 unspecified atom stereocenters. The summed E-state index contributed by atoms with van der Waals surface area (Å²) in [5.74, 6) is 0. The molecule has 0 spiro atoms. The van der Waals surface area contributed by atoms with Crippen molar-refractivity contribution in [3.63, 3.8) is 0 Å². The predicted molar refractivity (Wildman–Crippen MR) is 27.2 cm³/mol. The first-order valence-electron chi connectivity index (χ1n) is 2.69. The van der Waals surface area contributed by atoms with Crippen LogP contribution < -0.4 is 0 Å². The Bertz CT molecular complexity index is 67.2. The van der Waals surface area contributed by atoms with Gasteiger partial charge in [0.05, 0.1) is 6.10 Å². The van der Waals surface area contributed by atoms with Gasteiger partial charge in [0.1, 0.15) is 6.67 Å². The van der Waals surface area contributed by atoms with E-state index in [4.69, 9.17) is 5.11 Å². The molecular weight excluding hydrogens is 133 g/mol. The summed E-state index contributed by atoms with van der Waals surface area (Å²) in [7, 11) is 0. The molecule has 0 amide bonds. The zero-order chi connectivity index (χ0) is 7.28. The Kier molecular flexibility index (Phi) is 4.48. The molecule has 1 nitrogen and oxygen atoms in total. The Morgan fingerprint density at radius 1 is 1.22 bits per heavy atom. The van der Waals surface area contributed by atoms with Gasteiger partial charge in [0.2, 0.25) is 6.43 Å². The maximum Gasteiger partial charge on any atom is 0.238 e. The van der Waals surface area contributed by atoms with Crippen molar-refractivity contribution in [2.45, 2.75) is 25.4 Å². The van der Waals surface area contributed by atoms with Crippen molar-refractivity contribution in [2.75, 3.05) is 6.67 Å². The summed E-state index contributed by atoms with van der Waals surface area (Å²) in [6.45, 7) is -0.938. The van der Waals surface area contributed by atoms with Gasteiger partial charge >= 0.3 is 0 Å². The van der Waals surface area contributed by atoms with Crippen molar-refractivity contribution < 1.29 is 18.3 Å². The highest BCUT2D eigenvalue weighted by molar-refractivity contribution is 4.53. The van der Waals surface area contributed by atoms with Gasteiger partial charge in [-0.1, -0.05) is 0 Å². The Morgan fingerprint density at radius 2 is 1.78 bits per heavy atom. The van der Waals surface area contributed by atoms with E-state index in [2.05, 4.69) is 0 Å². The highest BCUT2D eigenvalue weighted by Gasteiger charge is 2.07. The number of rotatable bonds is 4. The second-order valence-electron chi connectivity index (χ2n) is 1.78. The smallest absolute Gasteiger partial charge is 0.238 e. The third-order valence-corrected chi connectivity index (χ3v) is 0.896. The molecule has 0 aromatic rings. The summed E-state index contributed by atoms with van der Waals surface area (Å²) < 4.78 is 33.9. The molecule has 0 bridgehead atoms. The van der Waals surface area contributed by atoms with Gasteiger partial charge in [-0.2, -0.15) is 0 Å². The molecule has 1 atom stereocenters. The average Bonchev–Trinajstić information content (AvgIpc) is 1.83. The van der Waals surface area contributed by atoms with Gasteiger partial charge in [0.15, 0.2) is 0 Å². The first-order valence-corrected chi connectivity index (χ1v) is 2.69. The molecule has 0 radical (unpaired) electrons. The fourth-order valence-corrected chi connectivity index (χ4v) is 0.396. The van der Waals surface area contributed by atoms with Crippen LogP contribution in [-0.2, 0) is 0 Å². The molecule has 56 valence electrons. The molecule has 9 heavy (non-hydrogen) atoms. The van der Waals surface area contributed by atoms with Gasteiger partial charge in [-0.25, -0.2) is 13.2 Å². The lowest BCUT2D eigenvalue weighted by Crippen LogP contribution is -2.10. The first-order chi connectivity index (χ1) is 4.16. The van der Waals surface area contributed by atoms with Crippen molar-refractivity contribution in [2.24, 2.45) is 0 Å². The minimum atomic E-state index is -2.44. The third kappa shape index (κ3) is 5.62. The van der Waals surface area contributed by atoms with Crippen LogP contribution >= 0.6 is 0 Å². The Labute approximate surface area is 51.5 Å². The predicted octanol–water partition coefficient (Wildman–Crippen LogP) is 1.36. The number of halogens is 3. The normalized spacial score (nSPS) is 14.3. The van der Waals surface area contributed by atoms with Crippen LogP contribution in [0.5, 0.6) is 0 Å². The standard InChI is InChI=1S/C5H9F3O/c6-3-4(9)1-2-5(7)8/h4-5,9H,1-3H2. The summed E-state index contributed by atoms with van der Waals surface area (Å²) >= 11 is 0. The van der Waals surface area contributed by atoms with Gasteiger partial charge in [0.25, 0.3) is 0 Å². The summed E-state index contributed by atoms with van der Waals surface area (Å²) in [5.41, 5.74) is 0. The topological polar surface area (TPSA) is 20.2 Å². The van der Waals surface area contributed by atoms with Gasteiger partial charge in [-0.15, -0.1) is 0 Å². The van der Waals surface area contributed by atoms with E-state index < -0.39 is 25.6 Å². The van der Waals surface area contributed by atoms with E-state index in [1.165, 1.54) is 0 Å². The molecule has 1 N–H and O–H groups in total. The van der Waals surface area contributed by atoms with Crippen molar-refractivity contribution in [1.29, 1.82) is 0 Å². The molecule has 0 heterocycles. The quantitative estimate of drug-likeness (QED) is 0.628. The molecule has 0 aliphatic rings. The lowest BCUT2D eigenvalue weighted by atomic mass is 10.2. The lowest BCUT2D eigenvalue weighted by Gasteiger charge is -2.03. The molecule has 0 aliphatic carbocycles. The number of alkyl halides is 3. The van der Waals surface area contributed by atoms with Crippen LogP contribution in [0.1, 0.15) is 12.8 Å².